The minimum atomic E-state index is -0.551. The number of hydrogen-bond donors (Lipinski definition) is 1. The van der Waals surface area contributed by atoms with Crippen molar-refractivity contribution in [3.8, 4) is 23.1 Å². The van der Waals surface area contributed by atoms with E-state index in [4.69, 9.17) is 20.8 Å². The lowest BCUT2D eigenvalue weighted by molar-refractivity contribution is -0.112. The monoisotopic (exact) mass is 392 g/mol. The molecule has 1 N–H and O–H groups in total. The van der Waals surface area contributed by atoms with Crippen molar-refractivity contribution in [3.63, 3.8) is 0 Å². The zero-order chi connectivity index (χ0) is 20.1. The molecule has 0 aliphatic carbocycles. The number of ether oxygens (including phenoxy) is 1. The van der Waals surface area contributed by atoms with Crippen LogP contribution in [0, 0.1) is 18.3 Å². The quantitative estimate of drug-likeness (QED) is 0.462. The van der Waals surface area contributed by atoms with E-state index in [-0.39, 0.29) is 5.57 Å². The molecule has 2 aromatic carbocycles. The summed E-state index contributed by atoms with van der Waals surface area (Å²) in [6.45, 7) is 1.92. The zero-order valence-corrected chi connectivity index (χ0v) is 16.1. The fourth-order valence-corrected chi connectivity index (χ4v) is 2.80. The molecule has 3 aromatic rings. The summed E-state index contributed by atoms with van der Waals surface area (Å²) < 4.78 is 11.0. The molecule has 0 spiro atoms. The first-order valence-corrected chi connectivity index (χ1v) is 8.81. The van der Waals surface area contributed by atoms with Crippen LogP contribution in [-0.2, 0) is 4.79 Å². The molecule has 0 unspecified atom stereocenters. The highest BCUT2D eigenvalue weighted by Gasteiger charge is 2.14. The molecule has 140 valence electrons. The van der Waals surface area contributed by atoms with Gasteiger partial charge in [0.2, 0.25) is 0 Å². The van der Waals surface area contributed by atoms with E-state index in [1.54, 1.807) is 36.4 Å². The fraction of sp³-hybridized carbons (Fsp3) is 0.0909. The molecular weight excluding hydrogens is 376 g/mol. The number of rotatable bonds is 5. The van der Waals surface area contributed by atoms with Crippen molar-refractivity contribution in [3.05, 3.63) is 76.5 Å². The van der Waals surface area contributed by atoms with Crippen molar-refractivity contribution < 1.29 is 13.9 Å². The Kier molecular flexibility index (Phi) is 5.83. The van der Waals surface area contributed by atoms with Crippen molar-refractivity contribution in [2.75, 3.05) is 12.4 Å². The fourth-order valence-electron chi connectivity index (χ4n) is 2.61. The minimum absolute atomic E-state index is 0.0883. The molecule has 6 heteroatoms. The van der Waals surface area contributed by atoms with Crippen LogP contribution in [0.1, 0.15) is 11.3 Å². The first kappa shape index (κ1) is 19.3. The van der Waals surface area contributed by atoms with Gasteiger partial charge in [0.1, 0.15) is 28.9 Å². The Morgan fingerprint density at radius 2 is 2.04 bits per heavy atom. The SMILES string of the molecule is COc1cc(C)ccc1NC(=O)C(C#N)=Cc1ccc(-c2cccc(Cl)c2)o1. The number of nitriles is 1. The van der Waals surface area contributed by atoms with Crippen LogP contribution in [0.2, 0.25) is 5.02 Å². The molecule has 28 heavy (non-hydrogen) atoms. The van der Waals surface area contributed by atoms with Crippen molar-refractivity contribution in [2.24, 2.45) is 0 Å². The lowest BCUT2D eigenvalue weighted by atomic mass is 10.2. The topological polar surface area (TPSA) is 75.3 Å². The number of halogens is 1. The van der Waals surface area contributed by atoms with Gasteiger partial charge in [-0.05, 0) is 48.9 Å². The van der Waals surface area contributed by atoms with E-state index in [0.717, 1.165) is 11.1 Å². The Morgan fingerprint density at radius 1 is 1.21 bits per heavy atom. The maximum absolute atomic E-state index is 12.5. The van der Waals surface area contributed by atoms with Crippen molar-refractivity contribution in [2.45, 2.75) is 6.92 Å². The highest BCUT2D eigenvalue weighted by Crippen LogP contribution is 2.27. The van der Waals surface area contributed by atoms with E-state index in [1.165, 1.54) is 13.2 Å². The van der Waals surface area contributed by atoms with Gasteiger partial charge in [-0.2, -0.15) is 5.26 Å². The molecule has 0 bridgehead atoms. The first-order valence-electron chi connectivity index (χ1n) is 8.43. The summed E-state index contributed by atoms with van der Waals surface area (Å²) in [5.74, 6) is 0.946. The summed E-state index contributed by atoms with van der Waals surface area (Å²) in [4.78, 5) is 12.5. The summed E-state index contributed by atoms with van der Waals surface area (Å²) in [5, 5.41) is 12.7. The molecule has 0 saturated carbocycles. The maximum Gasteiger partial charge on any atom is 0.266 e. The smallest absolute Gasteiger partial charge is 0.266 e. The van der Waals surface area contributed by atoms with E-state index in [1.807, 2.05) is 31.2 Å². The minimum Gasteiger partial charge on any atom is -0.495 e. The van der Waals surface area contributed by atoms with E-state index < -0.39 is 5.91 Å². The van der Waals surface area contributed by atoms with Gasteiger partial charge in [0.15, 0.2) is 0 Å². The number of methoxy groups -OCH3 is 1. The molecule has 0 aliphatic rings. The van der Waals surface area contributed by atoms with Crippen molar-refractivity contribution >= 4 is 29.3 Å². The Hall–Kier alpha value is -3.49. The van der Waals surface area contributed by atoms with Gasteiger partial charge in [-0.25, -0.2) is 0 Å². The largest absolute Gasteiger partial charge is 0.495 e. The Labute approximate surface area is 167 Å². The van der Waals surface area contributed by atoms with Crippen LogP contribution < -0.4 is 10.1 Å². The molecule has 1 amide bonds. The van der Waals surface area contributed by atoms with Gasteiger partial charge in [-0.15, -0.1) is 0 Å². The molecule has 0 aliphatic heterocycles. The van der Waals surface area contributed by atoms with Crippen LogP contribution in [0.5, 0.6) is 5.75 Å². The average molecular weight is 393 g/mol. The number of carbonyl (C=O) groups is 1. The van der Waals surface area contributed by atoms with Crippen LogP contribution in [0.15, 0.2) is 64.6 Å². The third-order valence-electron chi connectivity index (χ3n) is 3.99. The van der Waals surface area contributed by atoms with Crippen LogP contribution in [0.25, 0.3) is 17.4 Å². The Bertz CT molecular complexity index is 1090. The van der Waals surface area contributed by atoms with E-state index in [0.29, 0.717) is 28.0 Å². The molecular formula is C22H17ClN2O3. The van der Waals surface area contributed by atoms with Gasteiger partial charge in [-0.1, -0.05) is 29.8 Å². The highest BCUT2D eigenvalue weighted by atomic mass is 35.5. The number of furan rings is 1. The highest BCUT2D eigenvalue weighted by molar-refractivity contribution is 6.30. The summed E-state index contributed by atoms with van der Waals surface area (Å²) in [6, 6.07) is 17.9. The van der Waals surface area contributed by atoms with Gasteiger partial charge in [-0.3, -0.25) is 4.79 Å². The maximum atomic E-state index is 12.5. The molecule has 0 radical (unpaired) electrons. The van der Waals surface area contributed by atoms with Crippen LogP contribution in [0.3, 0.4) is 0 Å². The Morgan fingerprint density at radius 3 is 2.75 bits per heavy atom. The lowest BCUT2D eigenvalue weighted by Gasteiger charge is -2.10. The van der Waals surface area contributed by atoms with Gasteiger partial charge < -0.3 is 14.5 Å². The van der Waals surface area contributed by atoms with E-state index >= 15 is 0 Å². The number of aryl methyl sites for hydroxylation is 1. The molecule has 5 nitrogen and oxygen atoms in total. The van der Waals surface area contributed by atoms with E-state index in [2.05, 4.69) is 5.32 Å². The third kappa shape index (κ3) is 4.43. The second kappa shape index (κ2) is 8.47. The van der Waals surface area contributed by atoms with Gasteiger partial charge in [0.05, 0.1) is 12.8 Å². The summed E-state index contributed by atoms with van der Waals surface area (Å²) in [5.41, 5.74) is 2.20. The summed E-state index contributed by atoms with van der Waals surface area (Å²) >= 11 is 6.00. The van der Waals surface area contributed by atoms with Crippen molar-refractivity contribution in [1.29, 1.82) is 5.26 Å². The standard InChI is InChI=1S/C22H17ClN2O3/c1-14-6-8-19(21(10-14)27-2)25-22(26)16(13-24)12-18-7-9-20(28-18)15-4-3-5-17(23)11-15/h3-12H,1-2H3,(H,25,26). The van der Waals surface area contributed by atoms with E-state index in [9.17, 15) is 10.1 Å². The summed E-state index contributed by atoms with van der Waals surface area (Å²) in [7, 11) is 1.52. The second-order valence-electron chi connectivity index (χ2n) is 6.04. The molecule has 0 saturated heterocycles. The number of amides is 1. The molecule has 1 heterocycles. The molecule has 3 rings (SSSR count). The van der Waals surface area contributed by atoms with Gasteiger partial charge >= 0.3 is 0 Å². The summed E-state index contributed by atoms with van der Waals surface area (Å²) in [6.07, 6.45) is 1.39. The van der Waals surface area contributed by atoms with Crippen LogP contribution >= 0.6 is 11.6 Å². The van der Waals surface area contributed by atoms with Crippen LogP contribution in [0.4, 0.5) is 5.69 Å². The zero-order valence-electron chi connectivity index (χ0n) is 15.3. The van der Waals surface area contributed by atoms with Crippen molar-refractivity contribution in [1.82, 2.24) is 0 Å². The third-order valence-corrected chi connectivity index (χ3v) is 4.23. The number of nitrogens with one attached hydrogen (secondary N) is 1. The number of nitrogens with zero attached hydrogens (tertiary/aromatic N) is 1. The molecule has 0 atom stereocenters. The second-order valence-corrected chi connectivity index (χ2v) is 6.48. The normalized spacial score (nSPS) is 11.0. The molecule has 1 aromatic heterocycles. The van der Waals surface area contributed by atoms with Crippen LogP contribution in [-0.4, -0.2) is 13.0 Å². The Balaban J connectivity index is 1.83. The number of hydrogen-bond acceptors (Lipinski definition) is 4. The number of benzene rings is 2. The average Bonchev–Trinajstić information content (AvgIpc) is 3.16. The lowest BCUT2D eigenvalue weighted by Crippen LogP contribution is -2.14. The number of anilines is 1. The van der Waals surface area contributed by atoms with Gasteiger partial charge in [0.25, 0.3) is 5.91 Å². The predicted molar refractivity (Wildman–Crippen MR) is 109 cm³/mol. The number of carbonyl (C=O) groups excluding carboxylic acids is 1. The predicted octanol–water partition coefficient (Wildman–Crippen LogP) is 5.46. The molecule has 0 fully saturated rings. The first-order chi connectivity index (χ1) is 13.5. The van der Waals surface area contributed by atoms with Gasteiger partial charge in [0, 0.05) is 16.7 Å².